The zero-order valence-corrected chi connectivity index (χ0v) is 11.4. The largest absolute Gasteiger partial charge is 0.495 e. The standard InChI is InChI=1S/C14H16ClNO2/c1-4-5-6-7-14(17)16-12-8-10(2)11(15)9-13(12)18-3/h4-9H,1-3H3,(H,16,17)/b5-4+,7-6+. The number of nitrogens with one attached hydrogen (secondary N) is 1. The zero-order valence-electron chi connectivity index (χ0n) is 10.7. The quantitative estimate of drug-likeness (QED) is 0.665. The summed E-state index contributed by atoms with van der Waals surface area (Å²) >= 11 is 5.99. The van der Waals surface area contributed by atoms with E-state index in [1.807, 2.05) is 19.9 Å². The van der Waals surface area contributed by atoms with Crippen LogP contribution in [0.15, 0.2) is 36.4 Å². The Hall–Kier alpha value is -1.74. The number of carbonyl (C=O) groups excluding carboxylic acids is 1. The molecule has 0 saturated heterocycles. The van der Waals surface area contributed by atoms with E-state index in [2.05, 4.69) is 5.32 Å². The lowest BCUT2D eigenvalue weighted by Gasteiger charge is -2.11. The second kappa shape index (κ2) is 6.87. The fraction of sp³-hybridized carbons (Fsp3) is 0.214. The predicted octanol–water partition coefficient (Wildman–Crippen LogP) is 3.73. The number of hydrogen-bond acceptors (Lipinski definition) is 2. The maximum atomic E-state index is 11.6. The molecule has 0 aliphatic carbocycles. The molecule has 0 bridgehead atoms. The molecule has 0 aliphatic rings. The van der Waals surface area contributed by atoms with Gasteiger partial charge in [0.2, 0.25) is 5.91 Å². The normalized spacial score (nSPS) is 11.1. The topological polar surface area (TPSA) is 38.3 Å². The summed E-state index contributed by atoms with van der Waals surface area (Å²) in [6, 6.07) is 3.46. The molecule has 1 aromatic carbocycles. The molecule has 1 aromatic rings. The van der Waals surface area contributed by atoms with Crippen molar-refractivity contribution in [1.82, 2.24) is 0 Å². The lowest BCUT2D eigenvalue weighted by molar-refractivity contribution is -0.111. The van der Waals surface area contributed by atoms with Crippen LogP contribution in [0.25, 0.3) is 0 Å². The van der Waals surface area contributed by atoms with Crippen molar-refractivity contribution in [2.45, 2.75) is 13.8 Å². The number of rotatable bonds is 4. The van der Waals surface area contributed by atoms with Gasteiger partial charge < -0.3 is 10.1 Å². The molecular formula is C14H16ClNO2. The summed E-state index contributed by atoms with van der Waals surface area (Å²) in [5, 5.41) is 3.35. The first kappa shape index (κ1) is 14.3. The number of carbonyl (C=O) groups is 1. The van der Waals surface area contributed by atoms with Gasteiger partial charge in [0, 0.05) is 17.2 Å². The van der Waals surface area contributed by atoms with Gasteiger partial charge in [-0.3, -0.25) is 4.79 Å². The van der Waals surface area contributed by atoms with Crippen molar-refractivity contribution in [3.05, 3.63) is 47.0 Å². The van der Waals surface area contributed by atoms with Gasteiger partial charge in [0.1, 0.15) is 5.75 Å². The minimum absolute atomic E-state index is 0.215. The summed E-state index contributed by atoms with van der Waals surface area (Å²) in [5.41, 5.74) is 1.49. The van der Waals surface area contributed by atoms with Gasteiger partial charge in [-0.2, -0.15) is 0 Å². The molecular weight excluding hydrogens is 250 g/mol. The average molecular weight is 266 g/mol. The summed E-state index contributed by atoms with van der Waals surface area (Å²) in [7, 11) is 1.53. The number of allylic oxidation sites excluding steroid dienone is 3. The molecule has 18 heavy (non-hydrogen) atoms. The van der Waals surface area contributed by atoms with Gasteiger partial charge >= 0.3 is 0 Å². The molecule has 96 valence electrons. The molecule has 3 nitrogen and oxygen atoms in total. The first-order chi connectivity index (χ1) is 8.58. The fourth-order valence-corrected chi connectivity index (χ4v) is 1.51. The number of methoxy groups -OCH3 is 1. The molecule has 0 unspecified atom stereocenters. The van der Waals surface area contributed by atoms with Gasteiger partial charge in [-0.15, -0.1) is 0 Å². The summed E-state index contributed by atoms with van der Waals surface area (Å²) in [4.78, 5) is 11.6. The van der Waals surface area contributed by atoms with Gasteiger partial charge in [-0.25, -0.2) is 0 Å². The molecule has 0 fully saturated rings. The third-order valence-corrected chi connectivity index (χ3v) is 2.70. The van der Waals surface area contributed by atoms with E-state index in [9.17, 15) is 4.79 Å². The monoisotopic (exact) mass is 265 g/mol. The molecule has 4 heteroatoms. The summed E-state index contributed by atoms with van der Waals surface area (Å²) in [6.45, 7) is 3.75. The Balaban J connectivity index is 2.90. The Kier molecular flexibility index (Phi) is 5.46. The number of amides is 1. The predicted molar refractivity (Wildman–Crippen MR) is 75.3 cm³/mol. The number of anilines is 1. The van der Waals surface area contributed by atoms with Crippen molar-refractivity contribution in [3.63, 3.8) is 0 Å². The smallest absolute Gasteiger partial charge is 0.248 e. The van der Waals surface area contributed by atoms with E-state index >= 15 is 0 Å². The van der Waals surface area contributed by atoms with Crippen LogP contribution in [0, 0.1) is 6.92 Å². The molecule has 0 heterocycles. The van der Waals surface area contributed by atoms with E-state index in [1.54, 1.807) is 24.3 Å². The number of aryl methyl sites for hydroxylation is 1. The maximum absolute atomic E-state index is 11.6. The highest BCUT2D eigenvalue weighted by molar-refractivity contribution is 6.31. The van der Waals surface area contributed by atoms with Crippen LogP contribution in [0.3, 0.4) is 0 Å². The highest BCUT2D eigenvalue weighted by atomic mass is 35.5. The van der Waals surface area contributed by atoms with Crippen LogP contribution in [-0.4, -0.2) is 13.0 Å². The minimum atomic E-state index is -0.215. The van der Waals surface area contributed by atoms with Crippen molar-refractivity contribution in [2.24, 2.45) is 0 Å². The van der Waals surface area contributed by atoms with Crippen molar-refractivity contribution >= 4 is 23.2 Å². The van der Waals surface area contributed by atoms with Gasteiger partial charge in [0.25, 0.3) is 0 Å². The summed E-state index contributed by atoms with van der Waals surface area (Å²) < 4.78 is 5.17. The molecule has 0 atom stereocenters. The molecule has 0 radical (unpaired) electrons. The second-order valence-corrected chi connectivity index (χ2v) is 4.08. The first-order valence-electron chi connectivity index (χ1n) is 5.53. The zero-order chi connectivity index (χ0) is 13.5. The molecule has 1 N–H and O–H groups in total. The van der Waals surface area contributed by atoms with Gasteiger partial charge in [-0.1, -0.05) is 29.8 Å². The first-order valence-corrected chi connectivity index (χ1v) is 5.90. The Labute approximate surface area is 112 Å². The van der Waals surface area contributed by atoms with Crippen molar-refractivity contribution in [3.8, 4) is 5.75 Å². The van der Waals surface area contributed by atoms with E-state index < -0.39 is 0 Å². The number of hydrogen-bond donors (Lipinski definition) is 1. The highest BCUT2D eigenvalue weighted by Gasteiger charge is 2.08. The van der Waals surface area contributed by atoms with Gasteiger partial charge in [-0.05, 0) is 25.5 Å². The van der Waals surface area contributed by atoms with Crippen LogP contribution in [-0.2, 0) is 4.79 Å². The van der Waals surface area contributed by atoms with Gasteiger partial charge in [0.15, 0.2) is 0 Å². The number of ether oxygens (including phenoxy) is 1. The summed E-state index contributed by atoms with van der Waals surface area (Å²) in [6.07, 6.45) is 6.74. The number of halogens is 1. The Morgan fingerprint density at radius 3 is 2.72 bits per heavy atom. The molecule has 1 amide bonds. The van der Waals surface area contributed by atoms with Crippen molar-refractivity contribution in [2.75, 3.05) is 12.4 Å². The van der Waals surface area contributed by atoms with E-state index in [0.29, 0.717) is 16.5 Å². The van der Waals surface area contributed by atoms with E-state index in [1.165, 1.54) is 13.2 Å². The lowest BCUT2D eigenvalue weighted by atomic mass is 10.2. The number of benzene rings is 1. The Morgan fingerprint density at radius 2 is 2.11 bits per heavy atom. The van der Waals surface area contributed by atoms with E-state index in [-0.39, 0.29) is 5.91 Å². The van der Waals surface area contributed by atoms with Gasteiger partial charge in [0.05, 0.1) is 12.8 Å². The Bertz CT molecular complexity index is 493. The Morgan fingerprint density at radius 1 is 1.39 bits per heavy atom. The lowest BCUT2D eigenvalue weighted by Crippen LogP contribution is -2.09. The molecule has 0 aromatic heterocycles. The van der Waals surface area contributed by atoms with Crippen LogP contribution in [0.5, 0.6) is 5.75 Å². The average Bonchev–Trinajstić information content (AvgIpc) is 2.34. The van der Waals surface area contributed by atoms with E-state index in [0.717, 1.165) is 5.56 Å². The summed E-state index contributed by atoms with van der Waals surface area (Å²) in [5.74, 6) is 0.325. The molecule has 0 spiro atoms. The second-order valence-electron chi connectivity index (χ2n) is 3.68. The van der Waals surface area contributed by atoms with Crippen LogP contribution < -0.4 is 10.1 Å². The van der Waals surface area contributed by atoms with Crippen molar-refractivity contribution < 1.29 is 9.53 Å². The van der Waals surface area contributed by atoms with Crippen LogP contribution in [0.1, 0.15) is 12.5 Å². The molecule has 0 aliphatic heterocycles. The van der Waals surface area contributed by atoms with E-state index in [4.69, 9.17) is 16.3 Å². The van der Waals surface area contributed by atoms with Crippen LogP contribution in [0.4, 0.5) is 5.69 Å². The third kappa shape index (κ3) is 3.93. The molecule has 1 rings (SSSR count). The van der Waals surface area contributed by atoms with Crippen molar-refractivity contribution in [1.29, 1.82) is 0 Å². The minimum Gasteiger partial charge on any atom is -0.495 e. The highest BCUT2D eigenvalue weighted by Crippen LogP contribution is 2.30. The molecule has 0 saturated carbocycles. The SMILES string of the molecule is C/C=C/C=C/C(=O)Nc1cc(C)c(Cl)cc1OC. The van der Waals surface area contributed by atoms with Crippen LogP contribution >= 0.6 is 11.6 Å². The fourth-order valence-electron chi connectivity index (χ4n) is 1.36. The third-order valence-electron chi connectivity index (χ3n) is 2.29. The maximum Gasteiger partial charge on any atom is 0.248 e. The van der Waals surface area contributed by atoms with Crippen LogP contribution in [0.2, 0.25) is 5.02 Å².